The van der Waals surface area contributed by atoms with Crippen molar-refractivity contribution in [1.29, 1.82) is 0 Å². The topological polar surface area (TPSA) is 176 Å². The van der Waals surface area contributed by atoms with E-state index in [1.807, 2.05) is 54.6 Å². The van der Waals surface area contributed by atoms with Crippen molar-refractivity contribution >= 4 is 34.5 Å². The second kappa shape index (κ2) is 13.1. The number of anilines is 2. The van der Waals surface area contributed by atoms with E-state index in [0.29, 0.717) is 55.0 Å². The average Bonchev–Trinajstić information content (AvgIpc) is 3.85. The Kier molecular flexibility index (Phi) is 8.24. The minimum Gasteiger partial charge on any atom is -0.397 e. The molecule has 0 atom stereocenters. The Morgan fingerprint density at radius 3 is 2.23 bits per heavy atom. The van der Waals surface area contributed by atoms with Crippen LogP contribution in [0.25, 0.3) is 34.1 Å². The van der Waals surface area contributed by atoms with Crippen LogP contribution in [0.3, 0.4) is 0 Å². The molecule has 6 aromatic heterocycles. The summed E-state index contributed by atoms with van der Waals surface area (Å²) in [5, 5.41) is 15.8. The van der Waals surface area contributed by atoms with E-state index in [0.717, 1.165) is 16.8 Å². The predicted octanol–water partition coefficient (Wildman–Crippen LogP) is 3.23. The van der Waals surface area contributed by atoms with Gasteiger partial charge in [-0.1, -0.05) is 30.3 Å². The molecule has 0 radical (unpaired) electrons. The molecule has 0 aliphatic carbocycles. The lowest BCUT2D eigenvalue weighted by atomic mass is 10.2. The van der Waals surface area contributed by atoms with E-state index in [9.17, 15) is 9.59 Å². The summed E-state index contributed by atoms with van der Waals surface area (Å²) in [4.78, 5) is 40.6. The summed E-state index contributed by atoms with van der Waals surface area (Å²) >= 11 is 0. The molecule has 240 valence electrons. The van der Waals surface area contributed by atoms with Crippen LogP contribution in [-0.4, -0.2) is 87.0 Å². The number of morpholine rings is 1. The number of hydrogen-bond acceptors (Lipinski definition) is 10. The molecular weight excluding hydrogens is 612 g/mol. The number of amides is 2. The van der Waals surface area contributed by atoms with Crippen LogP contribution in [0, 0.1) is 0 Å². The van der Waals surface area contributed by atoms with Gasteiger partial charge in [0.25, 0.3) is 11.8 Å². The molecule has 3 N–H and O–H groups in total. The average molecular weight is 643 g/mol. The fraction of sp³-hybridized carbons (Fsp3) is 0.152. The van der Waals surface area contributed by atoms with E-state index >= 15 is 0 Å². The Morgan fingerprint density at radius 1 is 0.812 bits per heavy atom. The zero-order valence-electron chi connectivity index (χ0n) is 25.8. The Hall–Kier alpha value is -6.48. The quantitative estimate of drug-likeness (QED) is 0.284. The second-order valence-corrected chi connectivity index (χ2v) is 10.9. The SMILES string of the molecule is Cn1ncc(C(=O)N2CCOCC2)c1C(=O)Nc1ccc2nc(-c3cccnc3)nn2c1.Nc1ccc2nc(-c3ccccc3)nn2c1. The third-order valence-electron chi connectivity index (χ3n) is 7.58. The monoisotopic (exact) mass is 642 g/mol. The molecule has 1 aliphatic heterocycles. The number of aromatic nitrogens is 9. The lowest BCUT2D eigenvalue weighted by Gasteiger charge is -2.26. The molecule has 1 aliphatic rings. The summed E-state index contributed by atoms with van der Waals surface area (Å²) in [6.07, 6.45) is 8.22. The standard InChI is InChI=1S/C21H20N8O3.C12H10N4/c1-27-18(16(12-23-27)21(31)28-7-9-32-10-8-28)20(30)24-15-4-5-17-25-19(26-29(17)13-15)14-3-2-6-22-11-14;13-10-6-7-11-14-12(15-16(11)8-10)9-4-2-1-3-5-9/h2-6,11-13H,7-10H2,1H3,(H,24,30);1-8H,13H2. The van der Waals surface area contributed by atoms with Gasteiger partial charge in [0.05, 0.1) is 48.7 Å². The van der Waals surface area contributed by atoms with Gasteiger partial charge in [-0.15, -0.1) is 10.2 Å². The van der Waals surface area contributed by atoms with E-state index in [-0.39, 0.29) is 17.2 Å². The third kappa shape index (κ3) is 6.29. The van der Waals surface area contributed by atoms with Gasteiger partial charge < -0.3 is 20.7 Å². The minimum atomic E-state index is -0.437. The Balaban J connectivity index is 0.000000190. The molecule has 1 fully saturated rings. The Morgan fingerprint density at radius 2 is 1.50 bits per heavy atom. The van der Waals surface area contributed by atoms with Crippen molar-refractivity contribution < 1.29 is 14.3 Å². The van der Waals surface area contributed by atoms with Crippen LogP contribution < -0.4 is 11.1 Å². The summed E-state index contributed by atoms with van der Waals surface area (Å²) in [6.45, 7) is 1.92. The first kappa shape index (κ1) is 30.2. The summed E-state index contributed by atoms with van der Waals surface area (Å²) in [5.74, 6) is 0.575. The van der Waals surface area contributed by atoms with Crippen LogP contribution in [0.5, 0.6) is 0 Å². The second-order valence-electron chi connectivity index (χ2n) is 10.9. The highest BCUT2D eigenvalue weighted by atomic mass is 16.5. The van der Waals surface area contributed by atoms with Crippen molar-refractivity contribution in [2.24, 2.45) is 7.05 Å². The van der Waals surface area contributed by atoms with Gasteiger partial charge in [-0.05, 0) is 36.4 Å². The van der Waals surface area contributed by atoms with Crippen molar-refractivity contribution in [3.05, 3.63) is 109 Å². The highest BCUT2D eigenvalue weighted by Crippen LogP contribution is 2.19. The van der Waals surface area contributed by atoms with Crippen molar-refractivity contribution in [3.8, 4) is 22.8 Å². The molecule has 8 rings (SSSR count). The highest BCUT2D eigenvalue weighted by Gasteiger charge is 2.27. The molecule has 1 aromatic carbocycles. The van der Waals surface area contributed by atoms with Crippen LogP contribution in [-0.2, 0) is 11.8 Å². The number of nitrogens with two attached hydrogens (primary N) is 1. The number of carbonyl (C=O) groups is 2. The number of nitrogens with zero attached hydrogens (tertiary/aromatic N) is 10. The normalized spacial score (nSPS) is 12.9. The molecule has 15 nitrogen and oxygen atoms in total. The van der Waals surface area contributed by atoms with Gasteiger partial charge in [0.15, 0.2) is 22.9 Å². The molecule has 7 aromatic rings. The lowest BCUT2D eigenvalue weighted by molar-refractivity contribution is 0.0302. The van der Waals surface area contributed by atoms with E-state index < -0.39 is 5.91 Å². The molecule has 1 saturated heterocycles. The largest absolute Gasteiger partial charge is 0.397 e. The summed E-state index contributed by atoms with van der Waals surface area (Å²) in [6, 6.07) is 20.7. The summed E-state index contributed by atoms with van der Waals surface area (Å²) < 4.78 is 9.98. The van der Waals surface area contributed by atoms with Gasteiger partial charge in [-0.25, -0.2) is 19.0 Å². The number of nitrogen functional groups attached to an aromatic ring is 1. The number of nitrogens with one attached hydrogen (secondary N) is 1. The number of rotatable bonds is 5. The smallest absolute Gasteiger partial charge is 0.274 e. The van der Waals surface area contributed by atoms with Gasteiger partial charge in [0.1, 0.15) is 5.69 Å². The maximum atomic E-state index is 13.0. The molecule has 2 amide bonds. The number of fused-ring (bicyclic) bond motifs is 2. The molecule has 0 unspecified atom stereocenters. The summed E-state index contributed by atoms with van der Waals surface area (Å²) in [7, 11) is 1.63. The molecular formula is C33H30N12O3. The zero-order valence-corrected chi connectivity index (χ0v) is 25.8. The van der Waals surface area contributed by atoms with Gasteiger partial charge in [-0.2, -0.15) is 5.10 Å². The lowest BCUT2D eigenvalue weighted by Crippen LogP contribution is -2.41. The number of hydrogen-bond donors (Lipinski definition) is 2. The van der Waals surface area contributed by atoms with E-state index in [1.165, 1.54) is 10.9 Å². The van der Waals surface area contributed by atoms with Crippen LogP contribution >= 0.6 is 0 Å². The fourth-order valence-corrected chi connectivity index (χ4v) is 5.17. The fourth-order valence-electron chi connectivity index (χ4n) is 5.17. The number of ether oxygens (including phenoxy) is 1. The van der Waals surface area contributed by atoms with Crippen LogP contribution in [0.4, 0.5) is 11.4 Å². The number of carbonyl (C=O) groups excluding carboxylic acids is 2. The maximum Gasteiger partial charge on any atom is 0.274 e. The first-order valence-corrected chi connectivity index (χ1v) is 15.1. The third-order valence-corrected chi connectivity index (χ3v) is 7.58. The first-order chi connectivity index (χ1) is 23.4. The predicted molar refractivity (Wildman–Crippen MR) is 177 cm³/mol. The maximum absolute atomic E-state index is 13.0. The summed E-state index contributed by atoms with van der Waals surface area (Å²) in [5.41, 5.74) is 10.5. The van der Waals surface area contributed by atoms with Gasteiger partial charge in [0.2, 0.25) is 0 Å². The number of pyridine rings is 3. The molecule has 0 saturated carbocycles. The van der Waals surface area contributed by atoms with E-state index in [2.05, 4.69) is 35.6 Å². The van der Waals surface area contributed by atoms with Crippen LogP contribution in [0.1, 0.15) is 20.8 Å². The van der Waals surface area contributed by atoms with Crippen LogP contribution in [0.15, 0.2) is 97.7 Å². The molecule has 48 heavy (non-hydrogen) atoms. The zero-order chi connectivity index (χ0) is 33.0. The molecule has 0 spiro atoms. The van der Waals surface area contributed by atoms with E-state index in [1.54, 1.807) is 57.9 Å². The van der Waals surface area contributed by atoms with Gasteiger partial charge in [-0.3, -0.25) is 19.3 Å². The Bertz CT molecular complexity index is 2220. The number of aryl methyl sites for hydroxylation is 1. The number of benzene rings is 1. The minimum absolute atomic E-state index is 0.191. The van der Waals surface area contributed by atoms with Crippen LogP contribution in [0.2, 0.25) is 0 Å². The molecule has 7 heterocycles. The first-order valence-electron chi connectivity index (χ1n) is 15.1. The van der Waals surface area contributed by atoms with Crippen molar-refractivity contribution in [2.45, 2.75) is 0 Å². The van der Waals surface area contributed by atoms with Crippen molar-refractivity contribution in [1.82, 2.24) is 48.9 Å². The van der Waals surface area contributed by atoms with Crippen molar-refractivity contribution in [2.75, 3.05) is 37.4 Å². The van der Waals surface area contributed by atoms with Gasteiger partial charge in [0, 0.05) is 43.7 Å². The van der Waals surface area contributed by atoms with Gasteiger partial charge >= 0.3 is 0 Å². The molecule has 0 bridgehead atoms. The highest BCUT2D eigenvalue weighted by molar-refractivity contribution is 6.11. The Labute approximate surface area is 273 Å². The van der Waals surface area contributed by atoms with Crippen molar-refractivity contribution in [3.63, 3.8) is 0 Å². The van der Waals surface area contributed by atoms with E-state index in [4.69, 9.17) is 10.5 Å². The molecule has 15 heteroatoms.